The van der Waals surface area contributed by atoms with Gasteiger partial charge in [0, 0.05) is 37.2 Å². The second-order valence-corrected chi connectivity index (χ2v) is 6.37. The van der Waals surface area contributed by atoms with E-state index in [1.807, 2.05) is 45.1 Å². The molecule has 0 N–H and O–H groups in total. The smallest absolute Gasteiger partial charge is 0.166 e. The van der Waals surface area contributed by atoms with Crippen molar-refractivity contribution in [2.45, 2.75) is 26.2 Å². The van der Waals surface area contributed by atoms with Crippen molar-refractivity contribution in [3.05, 3.63) is 46.9 Å². The number of carbonyl (C=O) groups is 1. The summed E-state index contributed by atoms with van der Waals surface area (Å²) in [5.74, 6) is -0.556. The fraction of sp³-hybridized carbons (Fsp3) is 0.412. The van der Waals surface area contributed by atoms with Gasteiger partial charge in [0.15, 0.2) is 5.78 Å². The van der Waals surface area contributed by atoms with Crippen LogP contribution < -0.4 is 0 Å². The molecule has 4 heteroatoms. The van der Waals surface area contributed by atoms with E-state index in [0.717, 1.165) is 5.56 Å². The molecule has 0 spiro atoms. The van der Waals surface area contributed by atoms with Crippen molar-refractivity contribution in [2.75, 3.05) is 14.1 Å². The summed E-state index contributed by atoms with van der Waals surface area (Å²) in [6, 6.07) is 6.41. The van der Waals surface area contributed by atoms with Crippen LogP contribution in [0.25, 0.3) is 0 Å². The Labute approximate surface area is 124 Å². The Hall–Kier alpha value is -2.15. The van der Waals surface area contributed by atoms with E-state index < -0.39 is 11.2 Å². The Morgan fingerprint density at radius 2 is 2.10 bits per heavy atom. The minimum Gasteiger partial charge on any atom is -0.383 e. The standard InChI is InChI=1S/C17H19FN2O/c1-17(2)8-13(14(16(17)21)10-20(3)4)11-5-6-12(9-19)15(18)7-11/h5-7,10,13H,8H2,1-4H3/b14-10-/t13-/m1/s1. The van der Waals surface area contributed by atoms with Crippen molar-refractivity contribution >= 4 is 5.78 Å². The summed E-state index contributed by atoms with van der Waals surface area (Å²) in [6.07, 6.45) is 2.47. The molecule has 0 aliphatic heterocycles. The first-order valence-corrected chi connectivity index (χ1v) is 6.89. The van der Waals surface area contributed by atoms with E-state index in [0.29, 0.717) is 12.0 Å². The summed E-state index contributed by atoms with van der Waals surface area (Å²) in [7, 11) is 3.73. The molecule has 0 heterocycles. The Bertz CT molecular complexity index is 653. The van der Waals surface area contributed by atoms with Gasteiger partial charge in [-0.2, -0.15) is 5.26 Å². The molecule has 1 atom stereocenters. The number of carbonyl (C=O) groups excluding carboxylic acids is 1. The molecule has 0 amide bonds. The van der Waals surface area contributed by atoms with Crippen molar-refractivity contribution in [1.82, 2.24) is 4.90 Å². The predicted molar refractivity (Wildman–Crippen MR) is 79.0 cm³/mol. The molecule has 0 radical (unpaired) electrons. The number of Topliss-reactive ketones (excluding diaryl/α,β-unsaturated/α-hetero) is 1. The van der Waals surface area contributed by atoms with Gasteiger partial charge in [0.05, 0.1) is 5.56 Å². The quantitative estimate of drug-likeness (QED) is 0.784. The highest BCUT2D eigenvalue weighted by atomic mass is 19.1. The van der Waals surface area contributed by atoms with Gasteiger partial charge >= 0.3 is 0 Å². The minimum atomic E-state index is -0.531. The van der Waals surface area contributed by atoms with E-state index in [4.69, 9.17) is 5.26 Å². The van der Waals surface area contributed by atoms with E-state index in [1.165, 1.54) is 12.1 Å². The number of halogens is 1. The van der Waals surface area contributed by atoms with Gasteiger partial charge in [-0.1, -0.05) is 19.9 Å². The molecule has 110 valence electrons. The number of rotatable bonds is 2. The van der Waals surface area contributed by atoms with Gasteiger partial charge in [-0.25, -0.2) is 4.39 Å². The Morgan fingerprint density at radius 1 is 1.43 bits per heavy atom. The van der Waals surface area contributed by atoms with Gasteiger partial charge in [0.2, 0.25) is 0 Å². The Kier molecular flexibility index (Phi) is 3.87. The topological polar surface area (TPSA) is 44.1 Å². The second kappa shape index (κ2) is 5.33. The minimum absolute atomic E-state index is 0.0282. The number of allylic oxidation sites excluding steroid dienone is 1. The molecule has 0 aromatic heterocycles. The van der Waals surface area contributed by atoms with Gasteiger partial charge in [0.25, 0.3) is 0 Å². The summed E-state index contributed by atoms with van der Waals surface area (Å²) >= 11 is 0. The highest BCUT2D eigenvalue weighted by molar-refractivity contribution is 6.03. The lowest BCUT2D eigenvalue weighted by Crippen LogP contribution is -2.18. The molecule has 0 unspecified atom stereocenters. The van der Waals surface area contributed by atoms with Crippen LogP contribution in [0.1, 0.15) is 37.3 Å². The van der Waals surface area contributed by atoms with Crippen LogP contribution >= 0.6 is 0 Å². The summed E-state index contributed by atoms with van der Waals surface area (Å²) in [5.41, 5.74) is 1.03. The molecule has 1 aliphatic rings. The fourth-order valence-electron chi connectivity index (χ4n) is 2.82. The molecule has 3 nitrogen and oxygen atoms in total. The van der Waals surface area contributed by atoms with Gasteiger partial charge in [-0.3, -0.25) is 4.79 Å². The lowest BCUT2D eigenvalue weighted by atomic mass is 9.88. The van der Waals surface area contributed by atoms with Crippen molar-refractivity contribution in [2.24, 2.45) is 5.41 Å². The van der Waals surface area contributed by atoms with Crippen LogP contribution in [0.4, 0.5) is 4.39 Å². The molecule has 1 aliphatic carbocycles. The lowest BCUT2D eigenvalue weighted by Gasteiger charge is -2.15. The molecule has 1 fully saturated rings. The lowest BCUT2D eigenvalue weighted by molar-refractivity contribution is -0.121. The van der Waals surface area contributed by atoms with E-state index in [9.17, 15) is 9.18 Å². The number of hydrogen-bond donors (Lipinski definition) is 0. The van der Waals surface area contributed by atoms with Crippen molar-refractivity contribution in [3.63, 3.8) is 0 Å². The van der Waals surface area contributed by atoms with Gasteiger partial charge < -0.3 is 4.90 Å². The maximum Gasteiger partial charge on any atom is 0.166 e. The predicted octanol–water partition coefficient (Wildman–Crippen LogP) is 3.23. The molecule has 1 saturated carbocycles. The highest BCUT2D eigenvalue weighted by Crippen LogP contribution is 2.47. The Balaban J connectivity index is 2.49. The SMILES string of the molecule is CN(C)/C=C1\C(=O)C(C)(C)C[C@@H]1c1ccc(C#N)c(F)c1. The van der Waals surface area contributed by atoms with Crippen LogP contribution in [0.2, 0.25) is 0 Å². The molecule has 0 saturated heterocycles. The van der Waals surface area contributed by atoms with Gasteiger partial charge in [-0.15, -0.1) is 0 Å². The average Bonchev–Trinajstić information content (AvgIpc) is 2.62. The number of benzene rings is 1. The molecule has 1 aromatic rings. The van der Waals surface area contributed by atoms with Crippen molar-refractivity contribution < 1.29 is 9.18 Å². The van der Waals surface area contributed by atoms with Crippen LogP contribution in [-0.2, 0) is 4.79 Å². The van der Waals surface area contributed by atoms with Crippen molar-refractivity contribution in [3.8, 4) is 6.07 Å². The largest absolute Gasteiger partial charge is 0.383 e. The zero-order chi connectivity index (χ0) is 15.8. The number of nitriles is 1. The zero-order valence-electron chi connectivity index (χ0n) is 12.8. The monoisotopic (exact) mass is 286 g/mol. The molecule has 0 bridgehead atoms. The molecular formula is C17H19FN2O. The third kappa shape index (κ3) is 2.82. The zero-order valence-corrected chi connectivity index (χ0v) is 12.8. The van der Waals surface area contributed by atoms with Crippen LogP contribution in [0.15, 0.2) is 30.0 Å². The Morgan fingerprint density at radius 3 is 2.62 bits per heavy atom. The summed E-state index contributed by atoms with van der Waals surface area (Å²) in [6.45, 7) is 3.83. The number of ketones is 1. The van der Waals surface area contributed by atoms with Gasteiger partial charge in [-0.05, 0) is 24.1 Å². The van der Waals surface area contributed by atoms with Crippen LogP contribution in [0.5, 0.6) is 0 Å². The van der Waals surface area contributed by atoms with Crippen LogP contribution in [-0.4, -0.2) is 24.8 Å². The van der Waals surface area contributed by atoms with E-state index in [-0.39, 0.29) is 17.3 Å². The number of hydrogen-bond acceptors (Lipinski definition) is 3. The van der Waals surface area contributed by atoms with Crippen LogP contribution in [0, 0.1) is 22.6 Å². The van der Waals surface area contributed by atoms with Crippen molar-refractivity contribution in [1.29, 1.82) is 5.26 Å². The summed E-state index contributed by atoms with van der Waals surface area (Å²) in [4.78, 5) is 14.3. The van der Waals surface area contributed by atoms with E-state index >= 15 is 0 Å². The number of nitrogens with zero attached hydrogens (tertiary/aromatic N) is 2. The normalized spacial score (nSPS) is 22.4. The highest BCUT2D eigenvalue weighted by Gasteiger charge is 2.44. The fourth-order valence-corrected chi connectivity index (χ4v) is 2.82. The molecule has 1 aromatic carbocycles. The first-order chi connectivity index (χ1) is 9.76. The third-order valence-corrected chi connectivity index (χ3v) is 3.88. The van der Waals surface area contributed by atoms with Crippen LogP contribution in [0.3, 0.4) is 0 Å². The average molecular weight is 286 g/mol. The summed E-state index contributed by atoms with van der Waals surface area (Å²) in [5, 5.41) is 8.81. The first-order valence-electron chi connectivity index (χ1n) is 6.89. The third-order valence-electron chi connectivity index (χ3n) is 3.88. The summed E-state index contributed by atoms with van der Waals surface area (Å²) < 4.78 is 13.8. The molecule has 21 heavy (non-hydrogen) atoms. The maximum absolute atomic E-state index is 13.8. The first kappa shape index (κ1) is 15.2. The van der Waals surface area contributed by atoms with E-state index in [2.05, 4.69) is 0 Å². The van der Waals surface area contributed by atoms with Gasteiger partial charge in [0.1, 0.15) is 11.9 Å². The second-order valence-electron chi connectivity index (χ2n) is 6.37. The van der Waals surface area contributed by atoms with E-state index in [1.54, 1.807) is 6.07 Å². The molecule has 2 rings (SSSR count). The maximum atomic E-state index is 13.8. The molecular weight excluding hydrogens is 267 g/mol.